The van der Waals surface area contributed by atoms with E-state index < -0.39 is 0 Å². The molecule has 1 aromatic rings. The summed E-state index contributed by atoms with van der Waals surface area (Å²) in [6.07, 6.45) is 0.166. The normalized spacial score (nSPS) is 9.94. The highest BCUT2D eigenvalue weighted by molar-refractivity contribution is 6.31. The van der Waals surface area contributed by atoms with Crippen LogP contribution in [0.3, 0.4) is 0 Å². The number of carbonyl (C=O) groups excluding carboxylic acids is 2. The molecule has 0 radical (unpaired) electrons. The molecule has 0 fully saturated rings. The smallest absolute Gasteiger partial charge is 0.307 e. The van der Waals surface area contributed by atoms with Gasteiger partial charge < -0.3 is 10.1 Å². The molecule has 0 bridgehead atoms. The van der Waals surface area contributed by atoms with E-state index in [1.165, 1.54) is 0 Å². The van der Waals surface area contributed by atoms with Crippen molar-refractivity contribution in [3.8, 4) is 0 Å². The topological polar surface area (TPSA) is 55.4 Å². The molecule has 1 N–H and O–H groups in total. The molecule has 18 heavy (non-hydrogen) atoms. The highest BCUT2D eigenvalue weighted by Crippen LogP contribution is 2.15. The lowest BCUT2D eigenvalue weighted by Crippen LogP contribution is -2.27. The van der Waals surface area contributed by atoms with Gasteiger partial charge >= 0.3 is 5.97 Å². The third kappa shape index (κ3) is 4.37. The van der Waals surface area contributed by atoms with Crippen LogP contribution in [0, 0.1) is 6.92 Å². The number of hydrogen-bond donors (Lipinski definition) is 1. The van der Waals surface area contributed by atoms with Crippen LogP contribution >= 0.6 is 11.6 Å². The van der Waals surface area contributed by atoms with Crippen molar-refractivity contribution in [2.45, 2.75) is 20.3 Å². The number of amides is 1. The SMILES string of the molecule is CCOC(=O)CCNC(=O)c1cc(Cl)ccc1C. The number of halogens is 1. The van der Waals surface area contributed by atoms with Gasteiger partial charge in [-0.1, -0.05) is 17.7 Å². The molecule has 1 rings (SSSR count). The van der Waals surface area contributed by atoms with Crippen molar-refractivity contribution in [2.24, 2.45) is 0 Å². The summed E-state index contributed by atoms with van der Waals surface area (Å²) in [6.45, 7) is 4.17. The summed E-state index contributed by atoms with van der Waals surface area (Å²) in [7, 11) is 0. The molecule has 0 spiro atoms. The van der Waals surface area contributed by atoms with Crippen molar-refractivity contribution >= 4 is 23.5 Å². The number of rotatable bonds is 5. The van der Waals surface area contributed by atoms with Crippen molar-refractivity contribution < 1.29 is 14.3 Å². The van der Waals surface area contributed by atoms with Gasteiger partial charge in [-0.2, -0.15) is 0 Å². The molecule has 0 aliphatic heterocycles. The third-order valence-electron chi connectivity index (χ3n) is 2.36. The predicted molar refractivity (Wildman–Crippen MR) is 69.8 cm³/mol. The summed E-state index contributed by atoms with van der Waals surface area (Å²) in [6, 6.07) is 5.12. The van der Waals surface area contributed by atoms with E-state index in [9.17, 15) is 9.59 Å². The van der Waals surface area contributed by atoms with E-state index in [1.807, 2.05) is 6.92 Å². The zero-order chi connectivity index (χ0) is 13.5. The number of hydrogen-bond acceptors (Lipinski definition) is 3. The first-order valence-corrected chi connectivity index (χ1v) is 6.12. The van der Waals surface area contributed by atoms with Gasteiger partial charge in [-0.05, 0) is 31.5 Å². The molecule has 0 aromatic heterocycles. The van der Waals surface area contributed by atoms with Crippen molar-refractivity contribution in [1.82, 2.24) is 5.32 Å². The summed E-state index contributed by atoms with van der Waals surface area (Å²) < 4.78 is 4.76. The largest absolute Gasteiger partial charge is 0.466 e. The van der Waals surface area contributed by atoms with E-state index in [-0.39, 0.29) is 24.8 Å². The minimum absolute atomic E-state index is 0.166. The molecule has 5 heteroatoms. The van der Waals surface area contributed by atoms with Crippen molar-refractivity contribution in [1.29, 1.82) is 0 Å². The fourth-order valence-corrected chi connectivity index (χ4v) is 1.62. The number of benzene rings is 1. The number of aryl methyl sites for hydroxylation is 1. The van der Waals surface area contributed by atoms with Gasteiger partial charge in [0, 0.05) is 17.1 Å². The standard InChI is InChI=1S/C13H16ClNO3/c1-3-18-12(16)6-7-15-13(17)11-8-10(14)5-4-9(11)2/h4-5,8H,3,6-7H2,1-2H3,(H,15,17). The van der Waals surface area contributed by atoms with Crippen LogP contribution in [0.1, 0.15) is 29.3 Å². The monoisotopic (exact) mass is 269 g/mol. The third-order valence-corrected chi connectivity index (χ3v) is 2.60. The molecular formula is C13H16ClNO3. The Morgan fingerprint density at radius 1 is 1.39 bits per heavy atom. The maximum Gasteiger partial charge on any atom is 0.307 e. The first-order chi connectivity index (χ1) is 8.54. The van der Waals surface area contributed by atoms with Crippen LogP contribution < -0.4 is 5.32 Å². The second kappa shape index (κ2) is 7.01. The van der Waals surface area contributed by atoms with Gasteiger partial charge in [-0.15, -0.1) is 0 Å². The second-order valence-corrected chi connectivity index (χ2v) is 4.21. The highest BCUT2D eigenvalue weighted by atomic mass is 35.5. The zero-order valence-electron chi connectivity index (χ0n) is 10.5. The Morgan fingerprint density at radius 3 is 2.78 bits per heavy atom. The van der Waals surface area contributed by atoms with Crippen LogP contribution in [0.4, 0.5) is 0 Å². The Labute approximate surface area is 111 Å². The van der Waals surface area contributed by atoms with Crippen LogP contribution in [0.25, 0.3) is 0 Å². The van der Waals surface area contributed by atoms with Gasteiger partial charge in [-0.25, -0.2) is 0 Å². The van der Waals surface area contributed by atoms with Crippen LogP contribution in [0.5, 0.6) is 0 Å². The summed E-state index contributed by atoms with van der Waals surface area (Å²) >= 11 is 5.83. The van der Waals surface area contributed by atoms with Gasteiger partial charge in [0.2, 0.25) is 0 Å². The summed E-state index contributed by atoms with van der Waals surface area (Å²) in [5, 5.41) is 3.17. The van der Waals surface area contributed by atoms with Gasteiger partial charge in [0.1, 0.15) is 0 Å². The molecule has 0 aliphatic rings. The molecule has 0 heterocycles. The van der Waals surface area contributed by atoms with Crippen LogP contribution in [-0.4, -0.2) is 25.0 Å². The molecule has 0 atom stereocenters. The summed E-state index contributed by atoms with van der Waals surface area (Å²) in [5.41, 5.74) is 1.36. The number of ether oxygens (including phenoxy) is 1. The highest BCUT2D eigenvalue weighted by Gasteiger charge is 2.10. The van der Waals surface area contributed by atoms with Gasteiger partial charge in [0.25, 0.3) is 5.91 Å². The predicted octanol–water partition coefficient (Wildman–Crippen LogP) is 2.33. The lowest BCUT2D eigenvalue weighted by molar-refractivity contribution is -0.142. The quantitative estimate of drug-likeness (QED) is 0.835. The van der Waals surface area contributed by atoms with E-state index in [1.54, 1.807) is 25.1 Å². The van der Waals surface area contributed by atoms with Gasteiger partial charge in [-0.3, -0.25) is 9.59 Å². The minimum Gasteiger partial charge on any atom is -0.466 e. The Morgan fingerprint density at radius 2 is 2.11 bits per heavy atom. The van der Waals surface area contributed by atoms with Crippen LogP contribution in [-0.2, 0) is 9.53 Å². The molecular weight excluding hydrogens is 254 g/mol. The lowest BCUT2D eigenvalue weighted by Gasteiger charge is -2.07. The average Bonchev–Trinajstić information content (AvgIpc) is 2.32. The second-order valence-electron chi connectivity index (χ2n) is 3.77. The lowest BCUT2D eigenvalue weighted by atomic mass is 10.1. The number of carbonyl (C=O) groups is 2. The van der Waals surface area contributed by atoms with Crippen molar-refractivity contribution in [2.75, 3.05) is 13.2 Å². The molecule has 1 amide bonds. The van der Waals surface area contributed by atoms with Crippen molar-refractivity contribution in [3.05, 3.63) is 34.3 Å². The Kier molecular flexibility index (Phi) is 5.65. The van der Waals surface area contributed by atoms with E-state index in [4.69, 9.17) is 16.3 Å². The molecule has 0 saturated heterocycles. The fraction of sp³-hybridized carbons (Fsp3) is 0.385. The average molecular weight is 270 g/mol. The van der Waals surface area contributed by atoms with Crippen LogP contribution in [0.2, 0.25) is 5.02 Å². The summed E-state index contributed by atoms with van der Waals surface area (Å²) in [5.74, 6) is -0.556. The minimum atomic E-state index is -0.319. The van der Waals surface area contributed by atoms with Crippen molar-refractivity contribution in [3.63, 3.8) is 0 Å². The number of nitrogens with one attached hydrogen (secondary N) is 1. The molecule has 0 unspecified atom stereocenters. The first-order valence-electron chi connectivity index (χ1n) is 5.74. The van der Waals surface area contributed by atoms with Crippen LogP contribution in [0.15, 0.2) is 18.2 Å². The molecule has 1 aromatic carbocycles. The maximum atomic E-state index is 11.8. The van der Waals surface area contributed by atoms with E-state index in [0.29, 0.717) is 17.2 Å². The first kappa shape index (κ1) is 14.5. The molecule has 0 aliphatic carbocycles. The fourth-order valence-electron chi connectivity index (χ4n) is 1.45. The van der Waals surface area contributed by atoms with E-state index >= 15 is 0 Å². The summed E-state index contributed by atoms with van der Waals surface area (Å²) in [4.78, 5) is 22.9. The van der Waals surface area contributed by atoms with Gasteiger partial charge in [0.15, 0.2) is 0 Å². The van der Waals surface area contributed by atoms with E-state index in [0.717, 1.165) is 5.56 Å². The Balaban J connectivity index is 2.50. The Hall–Kier alpha value is -1.55. The van der Waals surface area contributed by atoms with E-state index in [2.05, 4.69) is 5.32 Å². The molecule has 98 valence electrons. The number of esters is 1. The zero-order valence-corrected chi connectivity index (χ0v) is 11.2. The molecule has 0 saturated carbocycles. The van der Waals surface area contributed by atoms with Gasteiger partial charge in [0.05, 0.1) is 13.0 Å². The molecule has 4 nitrogen and oxygen atoms in total. The Bertz CT molecular complexity index is 446. The maximum absolute atomic E-state index is 11.8.